The van der Waals surface area contributed by atoms with Crippen LogP contribution in [0.25, 0.3) is 0 Å². The molecule has 0 saturated carbocycles. The van der Waals surface area contributed by atoms with Gasteiger partial charge in [0, 0.05) is 19.2 Å². The first kappa shape index (κ1) is 16.4. The Morgan fingerprint density at radius 2 is 2.21 bits per heavy atom. The Morgan fingerprint density at radius 1 is 1.38 bits per heavy atom. The summed E-state index contributed by atoms with van der Waals surface area (Å²) in [6.45, 7) is 7.16. The van der Waals surface area contributed by atoms with Crippen molar-refractivity contribution in [3.63, 3.8) is 0 Å². The van der Waals surface area contributed by atoms with Crippen LogP contribution in [0.3, 0.4) is 0 Å². The topological polar surface area (TPSA) is 50.6 Å². The monoisotopic (exact) mass is 328 g/mol. The molecule has 1 aliphatic rings. The Balaban J connectivity index is 2.00. The Morgan fingerprint density at radius 3 is 3.00 bits per heavy atom. The molecular weight excluding hydrogens is 307 g/mol. The van der Waals surface area contributed by atoms with Crippen molar-refractivity contribution in [2.75, 3.05) is 18.1 Å². The first-order valence-electron chi connectivity index (χ1n) is 8.15. The van der Waals surface area contributed by atoms with E-state index in [9.17, 15) is 4.39 Å². The lowest BCUT2D eigenvalue weighted by atomic mass is 10.1. The van der Waals surface area contributed by atoms with Crippen LogP contribution < -0.4 is 4.90 Å². The second-order valence-electron chi connectivity index (χ2n) is 5.79. The lowest BCUT2D eigenvalue weighted by Crippen LogP contribution is -2.16. The number of benzene rings is 1. The largest absolute Gasteiger partial charge is 0.481 e. The molecular formula is C18H21FN4O. The molecule has 0 radical (unpaired) electrons. The Kier molecular flexibility index (Phi) is 4.74. The lowest BCUT2D eigenvalue weighted by molar-refractivity contribution is 0.302. The molecule has 1 aromatic heterocycles. The maximum absolute atomic E-state index is 13.4. The third-order valence-electron chi connectivity index (χ3n) is 3.96. The number of ether oxygens (including phenoxy) is 1. The lowest BCUT2D eigenvalue weighted by Gasteiger charge is -2.20. The molecule has 24 heavy (non-hydrogen) atoms. The molecule has 0 bridgehead atoms. The number of anilines is 2. The first-order valence-corrected chi connectivity index (χ1v) is 8.15. The summed E-state index contributed by atoms with van der Waals surface area (Å²) in [7, 11) is 0. The van der Waals surface area contributed by atoms with Crippen molar-refractivity contribution in [1.82, 2.24) is 9.97 Å². The zero-order chi connectivity index (χ0) is 17.1. The predicted octanol–water partition coefficient (Wildman–Crippen LogP) is 4.09. The Bertz CT molecular complexity index is 776. The van der Waals surface area contributed by atoms with Gasteiger partial charge in [-0.3, -0.25) is 0 Å². The maximum atomic E-state index is 13.4. The number of hydrogen-bond donors (Lipinski definition) is 0. The summed E-state index contributed by atoms with van der Waals surface area (Å²) in [4.78, 5) is 15.3. The number of aromatic nitrogens is 2. The molecule has 3 rings (SSSR count). The van der Waals surface area contributed by atoms with E-state index < -0.39 is 0 Å². The average Bonchev–Trinajstić information content (AvgIpc) is 2.97. The van der Waals surface area contributed by atoms with Crippen molar-refractivity contribution >= 4 is 23.1 Å². The normalized spacial score (nSPS) is 14.0. The van der Waals surface area contributed by atoms with Gasteiger partial charge in [-0.15, -0.1) is 0 Å². The average molecular weight is 328 g/mol. The van der Waals surface area contributed by atoms with Gasteiger partial charge < -0.3 is 9.64 Å². The highest BCUT2D eigenvalue weighted by molar-refractivity contribution is 5.83. The van der Waals surface area contributed by atoms with E-state index in [4.69, 9.17) is 4.74 Å². The van der Waals surface area contributed by atoms with Gasteiger partial charge in [0.25, 0.3) is 0 Å². The number of nitrogens with zero attached hydrogens (tertiary/aromatic N) is 4. The maximum Gasteiger partial charge on any atom is 0.185 e. The van der Waals surface area contributed by atoms with Crippen molar-refractivity contribution in [2.45, 2.75) is 33.6 Å². The van der Waals surface area contributed by atoms with E-state index in [2.05, 4.69) is 26.8 Å². The SMILES string of the molecule is CCCO/C(C)=N/c1c(C)ncnc1N1CCc2cc(F)ccc21. The molecule has 0 unspecified atom stereocenters. The quantitative estimate of drug-likeness (QED) is 0.626. The first-order chi connectivity index (χ1) is 11.6. The second-order valence-corrected chi connectivity index (χ2v) is 5.79. The van der Waals surface area contributed by atoms with E-state index in [1.165, 1.54) is 12.4 Å². The molecule has 0 saturated heterocycles. The van der Waals surface area contributed by atoms with Gasteiger partial charge in [-0.05, 0) is 43.5 Å². The van der Waals surface area contributed by atoms with Crippen molar-refractivity contribution in [1.29, 1.82) is 0 Å². The van der Waals surface area contributed by atoms with E-state index in [0.29, 0.717) is 18.2 Å². The highest BCUT2D eigenvalue weighted by Gasteiger charge is 2.25. The summed E-state index contributed by atoms with van der Waals surface area (Å²) >= 11 is 0. The van der Waals surface area contributed by atoms with E-state index in [1.807, 2.05) is 13.8 Å². The van der Waals surface area contributed by atoms with Crippen LogP contribution in [-0.2, 0) is 11.2 Å². The summed E-state index contributed by atoms with van der Waals surface area (Å²) in [5.74, 6) is 1.11. The molecule has 0 fully saturated rings. The number of aryl methyl sites for hydroxylation is 1. The molecule has 1 aliphatic heterocycles. The molecule has 2 heterocycles. The van der Waals surface area contributed by atoms with E-state index in [1.54, 1.807) is 12.1 Å². The van der Waals surface area contributed by atoms with Crippen LogP contribution in [0.5, 0.6) is 0 Å². The number of halogens is 1. The molecule has 0 atom stereocenters. The van der Waals surface area contributed by atoms with Gasteiger partial charge in [-0.2, -0.15) is 0 Å². The van der Waals surface area contributed by atoms with Gasteiger partial charge >= 0.3 is 0 Å². The number of rotatable bonds is 4. The number of aliphatic imine (C=N–C) groups is 1. The van der Waals surface area contributed by atoms with Crippen LogP contribution in [0.1, 0.15) is 31.5 Å². The molecule has 0 amide bonds. The van der Waals surface area contributed by atoms with Crippen molar-refractivity contribution < 1.29 is 9.13 Å². The van der Waals surface area contributed by atoms with Crippen LogP contribution in [0.15, 0.2) is 29.5 Å². The molecule has 6 heteroatoms. The standard InChI is InChI=1S/C18H21FN4O/c1-4-9-24-13(3)22-17-12(2)20-11-21-18(17)23-8-7-14-10-15(19)5-6-16(14)23/h5-6,10-11H,4,7-9H2,1-3H3/b22-13+. The van der Waals surface area contributed by atoms with E-state index >= 15 is 0 Å². The molecule has 2 aromatic rings. The highest BCUT2D eigenvalue weighted by Crippen LogP contribution is 2.39. The van der Waals surface area contributed by atoms with Crippen LogP contribution in [-0.4, -0.2) is 29.0 Å². The molecule has 1 aromatic carbocycles. The van der Waals surface area contributed by atoms with Crippen molar-refractivity contribution in [2.24, 2.45) is 4.99 Å². The van der Waals surface area contributed by atoms with Gasteiger partial charge in [-0.25, -0.2) is 19.4 Å². The molecule has 0 aliphatic carbocycles. The second kappa shape index (κ2) is 6.95. The molecule has 0 spiro atoms. The minimum absolute atomic E-state index is 0.212. The fourth-order valence-electron chi connectivity index (χ4n) is 2.81. The third-order valence-corrected chi connectivity index (χ3v) is 3.96. The summed E-state index contributed by atoms with van der Waals surface area (Å²) < 4.78 is 19.0. The Labute approximate surface area is 141 Å². The van der Waals surface area contributed by atoms with Crippen molar-refractivity contribution in [3.05, 3.63) is 41.6 Å². The highest BCUT2D eigenvalue weighted by atomic mass is 19.1. The van der Waals surface area contributed by atoms with Gasteiger partial charge in [0.15, 0.2) is 11.7 Å². The van der Waals surface area contributed by atoms with E-state index in [-0.39, 0.29) is 5.82 Å². The van der Waals surface area contributed by atoms with Crippen LogP contribution in [0, 0.1) is 12.7 Å². The summed E-state index contributed by atoms with van der Waals surface area (Å²) in [6.07, 6.45) is 3.24. The molecule has 5 nitrogen and oxygen atoms in total. The summed E-state index contributed by atoms with van der Waals surface area (Å²) in [5.41, 5.74) is 3.44. The van der Waals surface area contributed by atoms with Gasteiger partial charge in [0.1, 0.15) is 17.8 Å². The zero-order valence-corrected chi connectivity index (χ0v) is 14.2. The zero-order valence-electron chi connectivity index (χ0n) is 14.2. The minimum Gasteiger partial charge on any atom is -0.481 e. The molecule has 0 N–H and O–H groups in total. The summed E-state index contributed by atoms with van der Waals surface area (Å²) in [6, 6.07) is 4.86. The van der Waals surface area contributed by atoms with Crippen LogP contribution in [0.2, 0.25) is 0 Å². The smallest absolute Gasteiger partial charge is 0.185 e. The fraction of sp³-hybridized carbons (Fsp3) is 0.389. The van der Waals surface area contributed by atoms with Crippen LogP contribution >= 0.6 is 0 Å². The van der Waals surface area contributed by atoms with Crippen LogP contribution in [0.4, 0.5) is 21.6 Å². The van der Waals surface area contributed by atoms with Crippen molar-refractivity contribution in [3.8, 4) is 0 Å². The third kappa shape index (κ3) is 3.22. The number of hydrogen-bond acceptors (Lipinski definition) is 5. The van der Waals surface area contributed by atoms with E-state index in [0.717, 1.165) is 42.1 Å². The summed E-state index contributed by atoms with van der Waals surface area (Å²) in [5, 5.41) is 0. The number of fused-ring (bicyclic) bond motifs is 1. The molecule has 126 valence electrons. The van der Waals surface area contributed by atoms with Gasteiger partial charge in [-0.1, -0.05) is 6.92 Å². The fourth-order valence-corrected chi connectivity index (χ4v) is 2.81. The minimum atomic E-state index is -0.212. The predicted molar refractivity (Wildman–Crippen MR) is 92.9 cm³/mol. The van der Waals surface area contributed by atoms with Gasteiger partial charge in [0.05, 0.1) is 12.3 Å². The Hall–Kier alpha value is -2.50. The van der Waals surface area contributed by atoms with Gasteiger partial charge in [0.2, 0.25) is 0 Å².